The third-order valence-corrected chi connectivity index (χ3v) is 4.21. The Bertz CT molecular complexity index is 911. The number of nitro benzene ring substituents is 1. The summed E-state index contributed by atoms with van der Waals surface area (Å²) in [4.78, 5) is 23.5. The highest BCUT2D eigenvalue weighted by Crippen LogP contribution is 2.17. The summed E-state index contributed by atoms with van der Waals surface area (Å²) in [5.41, 5.74) is 3.24. The monoisotopic (exact) mass is 349 g/mol. The van der Waals surface area contributed by atoms with Gasteiger partial charge < -0.3 is 0 Å². The van der Waals surface area contributed by atoms with Gasteiger partial charge in [0, 0.05) is 29.1 Å². The molecule has 0 fully saturated rings. The zero-order chi connectivity index (χ0) is 18.7. The molecule has 3 aromatic rings. The molecule has 0 aliphatic carbocycles. The maximum absolute atomic E-state index is 13.2. The van der Waals surface area contributed by atoms with Gasteiger partial charge >= 0.3 is 0 Å². The Balaban J connectivity index is 1.99. The van der Waals surface area contributed by atoms with Crippen LogP contribution >= 0.6 is 0 Å². The lowest BCUT2D eigenvalue weighted by Crippen LogP contribution is -2.41. The second kappa shape index (κ2) is 7.23. The SMILES string of the molecule is Cc1ccc(C)n1N(Cc1ccccc1)C(=O)c1ccc([N+](=O)[O-])cc1. The number of nitro groups is 1. The normalized spacial score (nSPS) is 10.5. The fourth-order valence-corrected chi connectivity index (χ4v) is 2.91. The number of rotatable bonds is 5. The summed E-state index contributed by atoms with van der Waals surface area (Å²) in [6.45, 7) is 4.27. The third-order valence-electron chi connectivity index (χ3n) is 4.21. The summed E-state index contributed by atoms with van der Waals surface area (Å²) in [5.74, 6) is -0.217. The Morgan fingerprint density at radius 3 is 2.08 bits per heavy atom. The number of aromatic nitrogens is 1. The Kier molecular flexibility index (Phi) is 4.84. The summed E-state index contributed by atoms with van der Waals surface area (Å²) >= 11 is 0. The molecule has 0 saturated heterocycles. The number of amides is 1. The van der Waals surface area contributed by atoms with E-state index in [-0.39, 0.29) is 11.6 Å². The second-order valence-corrected chi connectivity index (χ2v) is 6.08. The van der Waals surface area contributed by atoms with Gasteiger partial charge in [-0.15, -0.1) is 0 Å². The highest BCUT2D eigenvalue weighted by atomic mass is 16.6. The zero-order valence-electron chi connectivity index (χ0n) is 14.6. The van der Waals surface area contributed by atoms with Gasteiger partial charge in [-0.3, -0.25) is 19.6 Å². The number of benzene rings is 2. The molecule has 0 atom stereocenters. The molecule has 1 heterocycles. The van der Waals surface area contributed by atoms with E-state index in [4.69, 9.17) is 0 Å². The summed E-state index contributed by atoms with van der Waals surface area (Å²) in [7, 11) is 0. The Morgan fingerprint density at radius 1 is 0.962 bits per heavy atom. The first-order valence-corrected chi connectivity index (χ1v) is 8.23. The van der Waals surface area contributed by atoms with Gasteiger partial charge in [0.15, 0.2) is 0 Å². The number of nitrogens with zero attached hydrogens (tertiary/aromatic N) is 3. The van der Waals surface area contributed by atoms with Crippen molar-refractivity contribution < 1.29 is 9.72 Å². The molecule has 0 aliphatic heterocycles. The van der Waals surface area contributed by atoms with Gasteiger partial charge in [-0.25, -0.2) is 5.01 Å². The molecule has 0 radical (unpaired) electrons. The predicted molar refractivity (Wildman–Crippen MR) is 99.7 cm³/mol. The standard InChI is InChI=1S/C20H19N3O3/c1-15-8-9-16(2)22(15)21(14-17-6-4-3-5-7-17)20(24)18-10-12-19(13-11-18)23(25)26/h3-13H,14H2,1-2H3. The predicted octanol–water partition coefficient (Wildman–Crippen LogP) is 3.99. The van der Waals surface area contributed by atoms with Crippen LogP contribution in [0.2, 0.25) is 0 Å². The van der Waals surface area contributed by atoms with Crippen molar-refractivity contribution in [2.45, 2.75) is 20.4 Å². The van der Waals surface area contributed by atoms with E-state index in [9.17, 15) is 14.9 Å². The lowest BCUT2D eigenvalue weighted by atomic mass is 10.1. The van der Waals surface area contributed by atoms with Crippen molar-refractivity contribution in [2.75, 3.05) is 5.01 Å². The number of non-ortho nitro benzene ring substituents is 1. The number of hydrogen-bond donors (Lipinski definition) is 0. The van der Waals surface area contributed by atoms with Crippen LogP contribution in [0.3, 0.4) is 0 Å². The quantitative estimate of drug-likeness (QED) is 0.516. The molecule has 0 unspecified atom stereocenters. The van der Waals surface area contributed by atoms with Gasteiger partial charge in [-0.1, -0.05) is 30.3 Å². The highest BCUT2D eigenvalue weighted by Gasteiger charge is 2.21. The largest absolute Gasteiger partial charge is 0.273 e. The van der Waals surface area contributed by atoms with Crippen molar-refractivity contribution in [1.82, 2.24) is 4.68 Å². The number of hydrogen-bond acceptors (Lipinski definition) is 3. The lowest BCUT2D eigenvalue weighted by Gasteiger charge is -2.27. The summed E-state index contributed by atoms with van der Waals surface area (Å²) in [6.07, 6.45) is 0. The van der Waals surface area contributed by atoms with Crippen molar-refractivity contribution in [3.05, 3.63) is 99.4 Å². The van der Waals surface area contributed by atoms with Crippen LogP contribution in [0.5, 0.6) is 0 Å². The van der Waals surface area contributed by atoms with Crippen LogP contribution < -0.4 is 5.01 Å². The first kappa shape index (κ1) is 17.4. The molecule has 0 aliphatic rings. The van der Waals surface area contributed by atoms with E-state index in [1.165, 1.54) is 24.3 Å². The molecule has 1 amide bonds. The average Bonchev–Trinajstić information content (AvgIpc) is 2.98. The zero-order valence-corrected chi connectivity index (χ0v) is 14.6. The van der Waals surface area contributed by atoms with E-state index >= 15 is 0 Å². The van der Waals surface area contributed by atoms with E-state index in [0.29, 0.717) is 12.1 Å². The lowest BCUT2D eigenvalue weighted by molar-refractivity contribution is -0.384. The van der Waals surface area contributed by atoms with Crippen LogP contribution in [0.25, 0.3) is 0 Å². The average molecular weight is 349 g/mol. The first-order valence-electron chi connectivity index (χ1n) is 8.23. The molecule has 26 heavy (non-hydrogen) atoms. The van der Waals surface area contributed by atoms with Crippen LogP contribution in [-0.2, 0) is 6.54 Å². The van der Waals surface area contributed by atoms with Gasteiger partial charge in [0.25, 0.3) is 11.6 Å². The fraction of sp³-hybridized carbons (Fsp3) is 0.150. The van der Waals surface area contributed by atoms with Crippen LogP contribution in [0.1, 0.15) is 27.3 Å². The van der Waals surface area contributed by atoms with Crippen molar-refractivity contribution >= 4 is 11.6 Å². The maximum Gasteiger partial charge on any atom is 0.273 e. The topological polar surface area (TPSA) is 68.4 Å². The van der Waals surface area contributed by atoms with Gasteiger partial charge in [-0.2, -0.15) is 0 Å². The smallest absolute Gasteiger partial charge is 0.267 e. The molecule has 6 nitrogen and oxygen atoms in total. The molecule has 2 aromatic carbocycles. The highest BCUT2D eigenvalue weighted by molar-refractivity contribution is 6.01. The van der Waals surface area contributed by atoms with Gasteiger partial charge in [0.05, 0.1) is 11.5 Å². The van der Waals surface area contributed by atoms with E-state index in [2.05, 4.69) is 0 Å². The molecule has 6 heteroatoms. The maximum atomic E-state index is 13.2. The van der Waals surface area contributed by atoms with Crippen molar-refractivity contribution in [2.24, 2.45) is 0 Å². The van der Waals surface area contributed by atoms with Gasteiger partial charge in [0.1, 0.15) is 0 Å². The number of carbonyl (C=O) groups excluding carboxylic acids is 1. The van der Waals surface area contributed by atoms with Crippen molar-refractivity contribution in [3.63, 3.8) is 0 Å². The molecule has 3 rings (SSSR count). The van der Waals surface area contributed by atoms with Crippen LogP contribution in [0, 0.1) is 24.0 Å². The molecule has 1 aromatic heterocycles. The molecule has 0 spiro atoms. The minimum atomic E-state index is -0.476. The minimum Gasteiger partial charge on any atom is -0.267 e. The van der Waals surface area contributed by atoms with E-state index in [0.717, 1.165) is 17.0 Å². The van der Waals surface area contributed by atoms with Crippen LogP contribution in [0.4, 0.5) is 5.69 Å². The third kappa shape index (κ3) is 3.49. The molecule has 132 valence electrons. The van der Waals surface area contributed by atoms with E-state index in [1.807, 2.05) is 61.0 Å². The summed E-state index contributed by atoms with van der Waals surface area (Å²) in [5, 5.41) is 12.5. The molecular weight excluding hydrogens is 330 g/mol. The fourth-order valence-electron chi connectivity index (χ4n) is 2.91. The van der Waals surface area contributed by atoms with Crippen molar-refractivity contribution in [1.29, 1.82) is 0 Å². The molecule has 0 bridgehead atoms. The molecule has 0 N–H and O–H groups in total. The number of carbonyl (C=O) groups is 1. The number of aryl methyl sites for hydroxylation is 2. The summed E-state index contributed by atoms with van der Waals surface area (Å²) in [6, 6.07) is 19.3. The Hall–Kier alpha value is -3.41. The second-order valence-electron chi connectivity index (χ2n) is 6.08. The van der Waals surface area contributed by atoms with Crippen LogP contribution in [0.15, 0.2) is 66.7 Å². The molecular formula is C20H19N3O3. The van der Waals surface area contributed by atoms with Gasteiger partial charge in [0.2, 0.25) is 0 Å². The van der Waals surface area contributed by atoms with Crippen LogP contribution in [-0.4, -0.2) is 15.5 Å². The van der Waals surface area contributed by atoms with Gasteiger partial charge in [-0.05, 0) is 43.7 Å². The van der Waals surface area contributed by atoms with E-state index in [1.54, 1.807) is 5.01 Å². The Labute approximate surface area is 151 Å². The first-order chi connectivity index (χ1) is 12.5. The minimum absolute atomic E-state index is 0.0375. The Morgan fingerprint density at radius 2 is 1.54 bits per heavy atom. The van der Waals surface area contributed by atoms with Crippen molar-refractivity contribution in [3.8, 4) is 0 Å². The molecule has 0 saturated carbocycles. The van der Waals surface area contributed by atoms with E-state index < -0.39 is 4.92 Å². The summed E-state index contributed by atoms with van der Waals surface area (Å²) < 4.78 is 1.87.